The van der Waals surface area contributed by atoms with E-state index in [1.165, 1.54) is 0 Å². The first-order valence-corrected chi connectivity index (χ1v) is 6.92. The molecule has 0 aromatic heterocycles. The lowest BCUT2D eigenvalue weighted by Gasteiger charge is -2.08. The molecule has 4 nitrogen and oxygen atoms in total. The molecule has 0 unspecified atom stereocenters. The monoisotopic (exact) mass is 242 g/mol. The summed E-state index contributed by atoms with van der Waals surface area (Å²) >= 11 is 0. The van der Waals surface area contributed by atoms with Crippen molar-refractivity contribution in [3.8, 4) is 0 Å². The van der Waals surface area contributed by atoms with Crippen LogP contribution in [0, 0.1) is 6.92 Å². The van der Waals surface area contributed by atoms with Crippen LogP contribution in [-0.4, -0.2) is 20.7 Å². The van der Waals surface area contributed by atoms with Crippen LogP contribution in [0.25, 0.3) is 0 Å². The van der Waals surface area contributed by atoms with Gasteiger partial charge in [0, 0.05) is 6.54 Å². The molecule has 0 fully saturated rings. The van der Waals surface area contributed by atoms with Gasteiger partial charge in [-0.1, -0.05) is 24.3 Å². The van der Waals surface area contributed by atoms with E-state index in [4.69, 9.17) is 5.73 Å². The number of sulfonamides is 1. The van der Waals surface area contributed by atoms with Gasteiger partial charge in [-0.3, -0.25) is 0 Å². The summed E-state index contributed by atoms with van der Waals surface area (Å²) in [6, 6.07) is 7.71. The van der Waals surface area contributed by atoms with Crippen LogP contribution in [0.1, 0.15) is 17.5 Å². The molecular formula is C11H18N2O2S. The summed E-state index contributed by atoms with van der Waals surface area (Å²) in [6.07, 6.45) is 0.489. The number of nitrogens with two attached hydrogens (primary N) is 1. The molecule has 0 saturated carbocycles. The Morgan fingerprint density at radius 1 is 1.31 bits per heavy atom. The highest BCUT2D eigenvalue weighted by Gasteiger charge is 2.09. The molecule has 0 saturated heterocycles. The minimum Gasteiger partial charge on any atom is -0.330 e. The first kappa shape index (κ1) is 13.2. The van der Waals surface area contributed by atoms with Crippen molar-refractivity contribution in [2.45, 2.75) is 19.9 Å². The fourth-order valence-electron chi connectivity index (χ4n) is 1.34. The molecule has 0 amide bonds. The van der Waals surface area contributed by atoms with E-state index in [2.05, 4.69) is 4.72 Å². The first-order chi connectivity index (χ1) is 7.55. The average molecular weight is 242 g/mol. The minimum atomic E-state index is -3.19. The molecule has 16 heavy (non-hydrogen) atoms. The largest absolute Gasteiger partial charge is 0.330 e. The van der Waals surface area contributed by atoms with Crippen LogP contribution < -0.4 is 10.5 Å². The lowest BCUT2D eigenvalue weighted by molar-refractivity contribution is 0.578. The Bertz CT molecular complexity index is 429. The van der Waals surface area contributed by atoms with Gasteiger partial charge in [0.2, 0.25) is 10.0 Å². The van der Waals surface area contributed by atoms with Crippen LogP contribution in [0.15, 0.2) is 24.3 Å². The Kier molecular flexibility index (Phi) is 4.92. The molecule has 1 aromatic carbocycles. The number of aryl methyl sites for hydroxylation is 1. The van der Waals surface area contributed by atoms with Gasteiger partial charge >= 0.3 is 0 Å². The van der Waals surface area contributed by atoms with Crippen LogP contribution in [0.2, 0.25) is 0 Å². The Hall–Kier alpha value is -0.910. The smallest absolute Gasteiger partial charge is 0.211 e. The van der Waals surface area contributed by atoms with Crippen molar-refractivity contribution >= 4 is 10.0 Å². The standard InChI is InChI=1S/C11H18N2O2S/c1-10-5-2-3-6-11(10)9-13-16(14,15)8-4-7-12/h2-3,5-6,13H,4,7-9,12H2,1H3. The summed E-state index contributed by atoms with van der Waals surface area (Å²) < 4.78 is 25.6. The van der Waals surface area contributed by atoms with Crippen LogP contribution in [-0.2, 0) is 16.6 Å². The Morgan fingerprint density at radius 3 is 2.62 bits per heavy atom. The number of nitrogens with one attached hydrogen (secondary N) is 1. The van der Waals surface area contributed by atoms with Gasteiger partial charge in [-0.05, 0) is 31.0 Å². The normalized spacial score (nSPS) is 11.6. The predicted octanol–water partition coefficient (Wildman–Crippen LogP) is 0.763. The third-order valence-electron chi connectivity index (χ3n) is 2.36. The van der Waals surface area contributed by atoms with Crippen molar-refractivity contribution in [2.75, 3.05) is 12.3 Å². The lowest BCUT2D eigenvalue weighted by Crippen LogP contribution is -2.27. The van der Waals surface area contributed by atoms with Gasteiger partial charge in [0.05, 0.1) is 5.75 Å². The minimum absolute atomic E-state index is 0.0926. The van der Waals surface area contributed by atoms with Crippen molar-refractivity contribution in [1.82, 2.24) is 4.72 Å². The van der Waals surface area contributed by atoms with Gasteiger partial charge in [-0.15, -0.1) is 0 Å². The quantitative estimate of drug-likeness (QED) is 0.773. The van der Waals surface area contributed by atoms with E-state index >= 15 is 0 Å². The molecule has 90 valence electrons. The highest BCUT2D eigenvalue weighted by atomic mass is 32.2. The van der Waals surface area contributed by atoms with Crippen molar-refractivity contribution in [1.29, 1.82) is 0 Å². The number of rotatable bonds is 6. The molecule has 3 N–H and O–H groups in total. The van der Waals surface area contributed by atoms with E-state index in [0.717, 1.165) is 11.1 Å². The number of hydrogen-bond acceptors (Lipinski definition) is 3. The van der Waals surface area contributed by atoms with E-state index in [1.54, 1.807) is 0 Å². The van der Waals surface area contributed by atoms with Gasteiger partial charge in [0.25, 0.3) is 0 Å². The molecule has 1 aromatic rings. The molecule has 5 heteroatoms. The van der Waals surface area contributed by atoms with E-state index in [1.807, 2.05) is 31.2 Å². The van der Waals surface area contributed by atoms with E-state index in [-0.39, 0.29) is 5.75 Å². The molecule has 0 atom stereocenters. The number of hydrogen-bond donors (Lipinski definition) is 2. The summed E-state index contributed by atoms with van der Waals surface area (Å²) in [6.45, 7) is 2.70. The van der Waals surface area contributed by atoms with Gasteiger partial charge in [0.15, 0.2) is 0 Å². The van der Waals surface area contributed by atoms with Gasteiger partial charge < -0.3 is 5.73 Å². The molecule has 0 heterocycles. The van der Waals surface area contributed by atoms with Crippen LogP contribution >= 0.6 is 0 Å². The Morgan fingerprint density at radius 2 is 2.00 bits per heavy atom. The van der Waals surface area contributed by atoms with Gasteiger partial charge in [-0.2, -0.15) is 0 Å². The van der Waals surface area contributed by atoms with E-state index < -0.39 is 10.0 Å². The Balaban J connectivity index is 2.55. The van der Waals surface area contributed by atoms with Crippen molar-refractivity contribution in [3.05, 3.63) is 35.4 Å². The predicted molar refractivity (Wildman–Crippen MR) is 65.5 cm³/mol. The second-order valence-electron chi connectivity index (χ2n) is 3.71. The highest BCUT2D eigenvalue weighted by Crippen LogP contribution is 2.06. The van der Waals surface area contributed by atoms with Crippen molar-refractivity contribution in [2.24, 2.45) is 5.73 Å². The van der Waals surface area contributed by atoms with Crippen LogP contribution in [0.5, 0.6) is 0 Å². The molecule has 1 rings (SSSR count). The van der Waals surface area contributed by atoms with Crippen molar-refractivity contribution < 1.29 is 8.42 Å². The zero-order chi connectivity index (χ0) is 12.0. The molecule has 0 aliphatic carbocycles. The zero-order valence-corrected chi connectivity index (χ0v) is 10.3. The summed E-state index contributed by atoms with van der Waals surface area (Å²) in [4.78, 5) is 0. The molecule has 0 aliphatic rings. The van der Waals surface area contributed by atoms with Crippen molar-refractivity contribution in [3.63, 3.8) is 0 Å². The van der Waals surface area contributed by atoms with E-state index in [0.29, 0.717) is 19.5 Å². The summed E-state index contributed by atoms with van der Waals surface area (Å²) in [5.74, 6) is 0.0926. The summed E-state index contributed by atoms with van der Waals surface area (Å²) in [5.41, 5.74) is 7.36. The molecule has 0 bridgehead atoms. The average Bonchev–Trinajstić information content (AvgIpc) is 2.26. The van der Waals surface area contributed by atoms with Crippen LogP contribution in [0.4, 0.5) is 0 Å². The second kappa shape index (κ2) is 5.98. The topological polar surface area (TPSA) is 72.2 Å². The molecular weight excluding hydrogens is 224 g/mol. The maximum atomic E-state index is 11.5. The summed E-state index contributed by atoms with van der Waals surface area (Å²) in [5, 5.41) is 0. The van der Waals surface area contributed by atoms with Crippen LogP contribution in [0.3, 0.4) is 0 Å². The first-order valence-electron chi connectivity index (χ1n) is 5.27. The highest BCUT2D eigenvalue weighted by molar-refractivity contribution is 7.89. The fraction of sp³-hybridized carbons (Fsp3) is 0.455. The maximum absolute atomic E-state index is 11.5. The van der Waals surface area contributed by atoms with E-state index in [9.17, 15) is 8.42 Å². The van der Waals surface area contributed by atoms with Gasteiger partial charge in [-0.25, -0.2) is 13.1 Å². The fourth-order valence-corrected chi connectivity index (χ4v) is 2.41. The molecule has 0 aliphatic heterocycles. The second-order valence-corrected chi connectivity index (χ2v) is 5.64. The SMILES string of the molecule is Cc1ccccc1CNS(=O)(=O)CCCN. The Labute approximate surface area is 96.9 Å². The third-order valence-corrected chi connectivity index (χ3v) is 3.77. The number of benzene rings is 1. The maximum Gasteiger partial charge on any atom is 0.211 e. The third kappa shape index (κ3) is 4.30. The molecule has 0 radical (unpaired) electrons. The lowest BCUT2D eigenvalue weighted by atomic mass is 10.1. The zero-order valence-electron chi connectivity index (χ0n) is 9.44. The summed E-state index contributed by atoms with van der Waals surface area (Å²) in [7, 11) is -3.19. The van der Waals surface area contributed by atoms with Gasteiger partial charge in [0.1, 0.15) is 0 Å². The molecule has 0 spiro atoms.